The van der Waals surface area contributed by atoms with Gasteiger partial charge in [0, 0.05) is 5.56 Å². The fourth-order valence-corrected chi connectivity index (χ4v) is 2.79. The molecule has 0 unspecified atom stereocenters. The van der Waals surface area contributed by atoms with Crippen molar-refractivity contribution in [2.24, 2.45) is 5.10 Å². The van der Waals surface area contributed by atoms with E-state index < -0.39 is 0 Å². The first kappa shape index (κ1) is 18.1. The standard InChI is InChI=1S/C17H16Cl2N2O3/c1-23-16-12(9-13(18)17(24-2)15(16)19)10-20-21-14(22)8-11-6-4-3-5-7-11/h3-7,9-10H,8H2,1-2H3,(H,21,22)/b20-10-. The smallest absolute Gasteiger partial charge is 0.244 e. The number of carbonyl (C=O) groups excluding carboxylic acids is 1. The van der Waals surface area contributed by atoms with Crippen LogP contribution in [-0.2, 0) is 11.2 Å². The number of carbonyl (C=O) groups is 1. The lowest BCUT2D eigenvalue weighted by Crippen LogP contribution is -2.19. The van der Waals surface area contributed by atoms with Gasteiger partial charge in [-0.15, -0.1) is 0 Å². The molecule has 2 aromatic rings. The van der Waals surface area contributed by atoms with E-state index in [0.717, 1.165) is 5.56 Å². The van der Waals surface area contributed by atoms with Gasteiger partial charge in [-0.25, -0.2) is 5.43 Å². The lowest BCUT2D eigenvalue weighted by atomic mass is 10.1. The van der Waals surface area contributed by atoms with Crippen LogP contribution in [0.2, 0.25) is 10.0 Å². The fourth-order valence-electron chi connectivity index (χ4n) is 2.09. The predicted octanol–water partition coefficient (Wildman–Crippen LogP) is 3.70. The Morgan fingerprint density at radius 3 is 2.46 bits per heavy atom. The first-order chi connectivity index (χ1) is 11.6. The molecule has 0 atom stereocenters. The van der Waals surface area contributed by atoms with Gasteiger partial charge >= 0.3 is 0 Å². The molecule has 5 nitrogen and oxygen atoms in total. The number of hydrogen-bond acceptors (Lipinski definition) is 4. The van der Waals surface area contributed by atoms with Gasteiger partial charge in [-0.2, -0.15) is 5.10 Å². The molecule has 2 rings (SSSR count). The highest BCUT2D eigenvalue weighted by Crippen LogP contribution is 2.41. The van der Waals surface area contributed by atoms with Crippen molar-refractivity contribution < 1.29 is 14.3 Å². The highest BCUT2D eigenvalue weighted by Gasteiger charge is 2.16. The second-order valence-corrected chi connectivity index (χ2v) is 5.57. The zero-order chi connectivity index (χ0) is 17.5. The molecule has 1 N–H and O–H groups in total. The van der Waals surface area contributed by atoms with Crippen LogP contribution in [0.25, 0.3) is 0 Å². The molecule has 0 fully saturated rings. The van der Waals surface area contributed by atoms with E-state index in [1.165, 1.54) is 20.4 Å². The van der Waals surface area contributed by atoms with E-state index in [0.29, 0.717) is 22.1 Å². The number of halogens is 2. The third-order valence-electron chi connectivity index (χ3n) is 3.17. The van der Waals surface area contributed by atoms with Gasteiger partial charge in [-0.3, -0.25) is 4.79 Å². The number of nitrogens with one attached hydrogen (secondary N) is 1. The minimum atomic E-state index is -0.234. The molecular weight excluding hydrogens is 351 g/mol. The van der Waals surface area contributed by atoms with Gasteiger partial charge in [0.05, 0.1) is 31.9 Å². The SMILES string of the molecule is COc1c(Cl)cc(/C=N\NC(=O)Cc2ccccc2)c(OC)c1Cl. The van der Waals surface area contributed by atoms with Crippen molar-refractivity contribution in [3.05, 3.63) is 57.6 Å². The lowest BCUT2D eigenvalue weighted by molar-refractivity contribution is -0.120. The van der Waals surface area contributed by atoms with E-state index in [9.17, 15) is 4.79 Å². The molecule has 0 aromatic heterocycles. The first-order valence-corrected chi connectivity index (χ1v) is 7.78. The summed E-state index contributed by atoms with van der Waals surface area (Å²) < 4.78 is 10.4. The Morgan fingerprint density at radius 2 is 1.83 bits per heavy atom. The van der Waals surface area contributed by atoms with E-state index in [-0.39, 0.29) is 17.4 Å². The van der Waals surface area contributed by atoms with E-state index in [1.807, 2.05) is 30.3 Å². The van der Waals surface area contributed by atoms with Gasteiger partial charge in [0.25, 0.3) is 0 Å². The Labute approximate surface area is 150 Å². The van der Waals surface area contributed by atoms with Crippen LogP contribution in [0.1, 0.15) is 11.1 Å². The molecule has 24 heavy (non-hydrogen) atoms. The summed E-state index contributed by atoms with van der Waals surface area (Å²) in [6, 6.07) is 11.0. The molecule has 0 aliphatic carbocycles. The average molecular weight is 367 g/mol. The molecule has 0 heterocycles. The Morgan fingerprint density at radius 1 is 1.17 bits per heavy atom. The molecule has 0 aliphatic heterocycles. The van der Waals surface area contributed by atoms with Crippen LogP contribution < -0.4 is 14.9 Å². The van der Waals surface area contributed by atoms with Crippen molar-refractivity contribution in [1.82, 2.24) is 5.43 Å². The quantitative estimate of drug-likeness (QED) is 0.626. The summed E-state index contributed by atoms with van der Waals surface area (Å²) >= 11 is 12.3. The maximum absolute atomic E-state index is 11.9. The molecule has 0 aliphatic rings. The maximum atomic E-state index is 11.9. The predicted molar refractivity (Wildman–Crippen MR) is 95.4 cm³/mol. The van der Waals surface area contributed by atoms with Gasteiger partial charge in [0.1, 0.15) is 10.8 Å². The minimum absolute atomic E-state index is 0.234. The number of nitrogens with zero attached hydrogens (tertiary/aromatic N) is 1. The summed E-state index contributed by atoms with van der Waals surface area (Å²) in [5.41, 5.74) is 3.88. The summed E-state index contributed by atoms with van der Waals surface area (Å²) in [4.78, 5) is 11.9. The molecule has 0 saturated heterocycles. The molecular formula is C17H16Cl2N2O3. The average Bonchev–Trinajstić information content (AvgIpc) is 2.56. The van der Waals surface area contributed by atoms with E-state index >= 15 is 0 Å². The highest BCUT2D eigenvalue weighted by atomic mass is 35.5. The topological polar surface area (TPSA) is 59.9 Å². The van der Waals surface area contributed by atoms with Crippen molar-refractivity contribution in [1.29, 1.82) is 0 Å². The molecule has 0 spiro atoms. The first-order valence-electron chi connectivity index (χ1n) is 7.02. The zero-order valence-corrected chi connectivity index (χ0v) is 14.7. The van der Waals surface area contributed by atoms with Crippen LogP contribution in [0.4, 0.5) is 0 Å². The van der Waals surface area contributed by atoms with Crippen molar-refractivity contribution >= 4 is 35.3 Å². The summed E-state index contributed by atoms with van der Waals surface area (Å²) in [6.07, 6.45) is 1.65. The Kier molecular flexibility index (Phi) is 6.46. The highest BCUT2D eigenvalue weighted by molar-refractivity contribution is 6.38. The summed E-state index contributed by atoms with van der Waals surface area (Å²) in [5, 5.41) is 4.48. The fraction of sp³-hybridized carbons (Fsp3) is 0.176. The van der Waals surface area contributed by atoms with Crippen LogP contribution in [0.3, 0.4) is 0 Å². The second kappa shape index (κ2) is 8.57. The van der Waals surface area contributed by atoms with E-state index in [4.69, 9.17) is 32.7 Å². The largest absolute Gasteiger partial charge is 0.494 e. The minimum Gasteiger partial charge on any atom is -0.494 e. The number of hydrazone groups is 1. The second-order valence-electron chi connectivity index (χ2n) is 4.78. The number of hydrogen-bond donors (Lipinski definition) is 1. The van der Waals surface area contributed by atoms with E-state index in [2.05, 4.69) is 10.5 Å². The van der Waals surface area contributed by atoms with Crippen molar-refractivity contribution in [3.8, 4) is 11.5 Å². The lowest BCUT2D eigenvalue weighted by Gasteiger charge is -2.12. The number of benzene rings is 2. The molecule has 0 bridgehead atoms. The van der Waals surface area contributed by atoms with E-state index in [1.54, 1.807) is 6.07 Å². The van der Waals surface area contributed by atoms with Gasteiger partial charge in [0.15, 0.2) is 5.75 Å². The zero-order valence-electron chi connectivity index (χ0n) is 13.2. The van der Waals surface area contributed by atoms with Gasteiger partial charge in [-0.1, -0.05) is 53.5 Å². The number of amides is 1. The summed E-state index contributed by atoms with van der Waals surface area (Å²) in [7, 11) is 2.93. The van der Waals surface area contributed by atoms with Crippen molar-refractivity contribution in [3.63, 3.8) is 0 Å². The maximum Gasteiger partial charge on any atom is 0.244 e. The third-order valence-corrected chi connectivity index (χ3v) is 3.79. The monoisotopic (exact) mass is 366 g/mol. The normalized spacial score (nSPS) is 10.7. The van der Waals surface area contributed by atoms with Crippen LogP contribution in [0.15, 0.2) is 41.5 Å². The van der Waals surface area contributed by atoms with Gasteiger partial charge < -0.3 is 9.47 Å². The van der Waals surface area contributed by atoms with Crippen LogP contribution in [0, 0.1) is 0 Å². The summed E-state index contributed by atoms with van der Waals surface area (Å²) in [6.45, 7) is 0. The van der Waals surface area contributed by atoms with Gasteiger partial charge in [-0.05, 0) is 11.6 Å². The molecule has 0 saturated carbocycles. The Hall–Kier alpha value is -2.24. The number of rotatable bonds is 6. The number of ether oxygens (including phenoxy) is 2. The Balaban J connectivity index is 2.10. The molecule has 2 aromatic carbocycles. The number of methoxy groups -OCH3 is 2. The van der Waals surface area contributed by atoms with Gasteiger partial charge in [0.2, 0.25) is 5.91 Å². The van der Waals surface area contributed by atoms with Crippen LogP contribution in [-0.4, -0.2) is 26.3 Å². The third kappa shape index (κ3) is 4.40. The molecule has 7 heteroatoms. The van der Waals surface area contributed by atoms with Crippen LogP contribution >= 0.6 is 23.2 Å². The Bertz CT molecular complexity index is 749. The molecule has 126 valence electrons. The van der Waals surface area contributed by atoms with Crippen molar-refractivity contribution in [2.45, 2.75) is 6.42 Å². The summed E-state index contributed by atoms with van der Waals surface area (Å²) in [5.74, 6) is 0.446. The van der Waals surface area contributed by atoms with Crippen molar-refractivity contribution in [2.75, 3.05) is 14.2 Å². The van der Waals surface area contributed by atoms with Crippen LogP contribution in [0.5, 0.6) is 11.5 Å². The molecule has 1 amide bonds. The molecule has 0 radical (unpaired) electrons.